The van der Waals surface area contributed by atoms with Crippen molar-refractivity contribution in [2.75, 3.05) is 37.7 Å². The normalized spacial score (nSPS) is 16.2. The predicted molar refractivity (Wildman–Crippen MR) is 121 cm³/mol. The third kappa shape index (κ3) is 6.64. The van der Waals surface area contributed by atoms with Crippen molar-refractivity contribution in [2.45, 2.75) is 19.4 Å². The minimum atomic E-state index is -0.744. The van der Waals surface area contributed by atoms with E-state index in [2.05, 4.69) is 20.6 Å². The van der Waals surface area contributed by atoms with Gasteiger partial charge in [-0.15, -0.1) is 24.0 Å². The summed E-state index contributed by atoms with van der Waals surface area (Å²) in [6.45, 7) is 4.36. The zero-order chi connectivity index (χ0) is 20.6. The van der Waals surface area contributed by atoms with Gasteiger partial charge in [-0.1, -0.05) is 0 Å². The first kappa shape index (κ1) is 24.0. The summed E-state index contributed by atoms with van der Waals surface area (Å²) in [6.07, 6.45) is 2.40. The van der Waals surface area contributed by atoms with Crippen molar-refractivity contribution in [3.8, 4) is 5.75 Å². The maximum absolute atomic E-state index is 13.9. The van der Waals surface area contributed by atoms with Gasteiger partial charge in [0, 0.05) is 37.9 Å². The zero-order valence-electron chi connectivity index (χ0n) is 16.6. The molecule has 1 aliphatic rings. The number of hydrogen-bond acceptors (Lipinski definition) is 4. The molecule has 1 unspecified atom stereocenters. The van der Waals surface area contributed by atoms with Gasteiger partial charge in [0.15, 0.2) is 29.2 Å². The van der Waals surface area contributed by atoms with Crippen LogP contribution in [0.15, 0.2) is 41.5 Å². The zero-order valence-corrected chi connectivity index (χ0v) is 18.9. The lowest BCUT2D eigenvalue weighted by atomic mass is 10.3. The Labute approximate surface area is 190 Å². The van der Waals surface area contributed by atoms with E-state index in [0.29, 0.717) is 31.4 Å². The third-order valence-corrected chi connectivity index (χ3v) is 4.42. The molecular formula is C20H25F3IN5O. The Morgan fingerprint density at radius 2 is 2.10 bits per heavy atom. The maximum Gasteiger partial charge on any atom is 0.191 e. The lowest BCUT2D eigenvalue weighted by Gasteiger charge is -2.20. The summed E-state index contributed by atoms with van der Waals surface area (Å²) in [6, 6.07) is 6.23. The standard InChI is InChI=1S/C20H24F3N5O.HI/c1-2-24-20(26-9-11-29-18-6-5-14(21)12-17(18)23)27-15-7-10-28(13-15)19-16(22)4-3-8-25-19;/h3-6,8,12,15H,2,7,9-11,13H2,1H3,(H2,24,26,27);1H. The van der Waals surface area contributed by atoms with E-state index in [-0.39, 0.29) is 54.7 Å². The van der Waals surface area contributed by atoms with Crippen LogP contribution in [0.1, 0.15) is 13.3 Å². The number of halogens is 4. The quantitative estimate of drug-likeness (QED) is 0.247. The lowest BCUT2D eigenvalue weighted by Crippen LogP contribution is -2.45. The van der Waals surface area contributed by atoms with Crippen LogP contribution >= 0.6 is 24.0 Å². The van der Waals surface area contributed by atoms with Gasteiger partial charge >= 0.3 is 0 Å². The van der Waals surface area contributed by atoms with Crippen molar-refractivity contribution in [3.05, 3.63) is 54.0 Å². The van der Waals surface area contributed by atoms with Gasteiger partial charge in [0.1, 0.15) is 12.4 Å². The van der Waals surface area contributed by atoms with Gasteiger partial charge in [-0.05, 0) is 37.6 Å². The Morgan fingerprint density at radius 1 is 1.27 bits per heavy atom. The Balaban J connectivity index is 0.00000320. The molecule has 1 aromatic carbocycles. The fourth-order valence-corrected chi connectivity index (χ4v) is 3.10. The van der Waals surface area contributed by atoms with E-state index in [1.807, 2.05) is 11.8 Å². The number of aromatic nitrogens is 1. The summed E-state index contributed by atoms with van der Waals surface area (Å²) in [5.74, 6) is -0.783. The molecule has 1 fully saturated rings. The highest BCUT2D eigenvalue weighted by atomic mass is 127. The summed E-state index contributed by atoms with van der Waals surface area (Å²) < 4.78 is 45.7. The molecule has 3 rings (SSSR count). The van der Waals surface area contributed by atoms with Gasteiger partial charge in [-0.3, -0.25) is 0 Å². The number of ether oxygens (including phenoxy) is 1. The fraction of sp³-hybridized carbons (Fsp3) is 0.400. The Hall–Kier alpha value is -2.24. The topological polar surface area (TPSA) is 61.8 Å². The number of hydrogen-bond donors (Lipinski definition) is 2. The minimum absolute atomic E-state index is 0. The highest BCUT2D eigenvalue weighted by molar-refractivity contribution is 14.0. The molecule has 0 bridgehead atoms. The smallest absolute Gasteiger partial charge is 0.191 e. The number of rotatable bonds is 7. The van der Waals surface area contributed by atoms with Gasteiger partial charge < -0.3 is 20.3 Å². The predicted octanol–water partition coefficient (Wildman–Crippen LogP) is 3.33. The number of anilines is 1. The molecule has 0 aliphatic carbocycles. The second-order valence-electron chi connectivity index (χ2n) is 6.57. The van der Waals surface area contributed by atoms with Crippen molar-refractivity contribution in [1.82, 2.24) is 15.6 Å². The van der Waals surface area contributed by atoms with Crippen LogP contribution < -0.4 is 20.3 Å². The molecule has 164 valence electrons. The number of pyridine rings is 1. The Kier molecular flexibility index (Phi) is 9.47. The van der Waals surface area contributed by atoms with E-state index in [4.69, 9.17) is 4.74 Å². The van der Waals surface area contributed by atoms with Gasteiger partial charge in [0.05, 0.1) is 6.54 Å². The third-order valence-electron chi connectivity index (χ3n) is 4.42. The summed E-state index contributed by atoms with van der Waals surface area (Å²) in [5, 5.41) is 6.47. The van der Waals surface area contributed by atoms with Crippen molar-refractivity contribution < 1.29 is 17.9 Å². The number of guanidine groups is 1. The molecule has 1 aromatic heterocycles. The second-order valence-corrected chi connectivity index (χ2v) is 6.57. The molecule has 0 saturated carbocycles. The Bertz CT molecular complexity index is 855. The van der Waals surface area contributed by atoms with E-state index in [0.717, 1.165) is 18.6 Å². The van der Waals surface area contributed by atoms with Crippen LogP contribution in [0.5, 0.6) is 5.75 Å². The van der Waals surface area contributed by atoms with Crippen molar-refractivity contribution in [2.24, 2.45) is 4.99 Å². The van der Waals surface area contributed by atoms with Crippen LogP contribution in [0.3, 0.4) is 0 Å². The van der Waals surface area contributed by atoms with E-state index < -0.39 is 11.6 Å². The largest absolute Gasteiger partial charge is 0.489 e. The molecule has 0 amide bonds. The molecule has 2 N–H and O–H groups in total. The lowest BCUT2D eigenvalue weighted by molar-refractivity contribution is 0.310. The van der Waals surface area contributed by atoms with E-state index >= 15 is 0 Å². The molecule has 10 heteroatoms. The maximum atomic E-state index is 13.9. The molecule has 6 nitrogen and oxygen atoms in total. The summed E-state index contributed by atoms with van der Waals surface area (Å²) in [4.78, 5) is 10.4. The minimum Gasteiger partial charge on any atom is -0.489 e. The Morgan fingerprint density at radius 3 is 2.83 bits per heavy atom. The van der Waals surface area contributed by atoms with Crippen LogP contribution in [0.25, 0.3) is 0 Å². The van der Waals surface area contributed by atoms with Crippen LogP contribution in [0.4, 0.5) is 19.0 Å². The first-order chi connectivity index (χ1) is 14.1. The van der Waals surface area contributed by atoms with Gasteiger partial charge in [-0.2, -0.15) is 0 Å². The molecule has 0 spiro atoms. The highest BCUT2D eigenvalue weighted by Crippen LogP contribution is 2.21. The SMILES string of the molecule is CCNC(=NCCOc1ccc(F)cc1F)NC1CCN(c2ncccc2F)C1.I. The van der Waals surface area contributed by atoms with Gasteiger partial charge in [-0.25, -0.2) is 23.1 Å². The molecule has 1 saturated heterocycles. The van der Waals surface area contributed by atoms with Crippen LogP contribution in [-0.4, -0.2) is 49.8 Å². The van der Waals surface area contributed by atoms with Crippen LogP contribution in [-0.2, 0) is 0 Å². The second kappa shape index (κ2) is 11.8. The monoisotopic (exact) mass is 535 g/mol. The number of aliphatic imine (C=N–C) groups is 1. The highest BCUT2D eigenvalue weighted by Gasteiger charge is 2.25. The van der Waals surface area contributed by atoms with Crippen molar-refractivity contribution >= 4 is 35.8 Å². The average Bonchev–Trinajstić information content (AvgIpc) is 3.15. The van der Waals surface area contributed by atoms with E-state index in [1.165, 1.54) is 12.1 Å². The molecule has 2 heterocycles. The molecule has 0 radical (unpaired) electrons. The molecule has 2 aromatic rings. The van der Waals surface area contributed by atoms with Crippen LogP contribution in [0, 0.1) is 17.5 Å². The molecule has 1 aliphatic heterocycles. The fourth-order valence-electron chi connectivity index (χ4n) is 3.10. The van der Waals surface area contributed by atoms with E-state index in [9.17, 15) is 13.2 Å². The van der Waals surface area contributed by atoms with Crippen molar-refractivity contribution in [1.29, 1.82) is 0 Å². The number of nitrogens with zero attached hydrogens (tertiary/aromatic N) is 3. The molecular weight excluding hydrogens is 510 g/mol. The first-order valence-electron chi connectivity index (χ1n) is 9.55. The summed E-state index contributed by atoms with van der Waals surface area (Å²) in [7, 11) is 0. The van der Waals surface area contributed by atoms with Crippen LogP contribution in [0.2, 0.25) is 0 Å². The van der Waals surface area contributed by atoms with Crippen molar-refractivity contribution in [3.63, 3.8) is 0 Å². The number of benzene rings is 1. The number of nitrogens with one attached hydrogen (secondary N) is 2. The summed E-state index contributed by atoms with van der Waals surface area (Å²) >= 11 is 0. The summed E-state index contributed by atoms with van der Waals surface area (Å²) in [5.41, 5.74) is 0. The average molecular weight is 535 g/mol. The van der Waals surface area contributed by atoms with Gasteiger partial charge in [0.25, 0.3) is 0 Å². The van der Waals surface area contributed by atoms with E-state index in [1.54, 1.807) is 12.3 Å². The van der Waals surface area contributed by atoms with Gasteiger partial charge in [0.2, 0.25) is 0 Å². The first-order valence-corrected chi connectivity index (χ1v) is 9.55. The molecule has 30 heavy (non-hydrogen) atoms. The molecule has 1 atom stereocenters.